The van der Waals surface area contributed by atoms with Gasteiger partial charge in [0.15, 0.2) is 5.82 Å². The first-order valence-electron chi connectivity index (χ1n) is 9.18. The van der Waals surface area contributed by atoms with Crippen molar-refractivity contribution in [2.45, 2.75) is 13.8 Å². The van der Waals surface area contributed by atoms with Gasteiger partial charge in [0, 0.05) is 35.4 Å². The van der Waals surface area contributed by atoms with E-state index in [1.807, 2.05) is 74.6 Å². The highest BCUT2D eigenvalue weighted by atomic mass is 16.1. The Labute approximate surface area is 168 Å². The van der Waals surface area contributed by atoms with Crippen molar-refractivity contribution in [2.24, 2.45) is 0 Å². The van der Waals surface area contributed by atoms with Crippen molar-refractivity contribution in [3.8, 4) is 5.82 Å². The number of benzene rings is 2. The maximum atomic E-state index is 12.4. The predicted octanol–water partition coefficient (Wildman–Crippen LogP) is 4.28. The van der Waals surface area contributed by atoms with E-state index in [4.69, 9.17) is 0 Å². The summed E-state index contributed by atoms with van der Waals surface area (Å²) in [5, 5.41) is 10.4. The van der Waals surface area contributed by atoms with Gasteiger partial charge in [-0.3, -0.25) is 4.79 Å². The minimum Gasteiger partial charge on any atom is -0.340 e. The van der Waals surface area contributed by atoms with Gasteiger partial charge in [0.25, 0.3) is 5.91 Å². The van der Waals surface area contributed by atoms with Gasteiger partial charge in [-0.25, -0.2) is 14.6 Å². The molecule has 2 heterocycles. The lowest BCUT2D eigenvalue weighted by atomic mass is 10.1. The van der Waals surface area contributed by atoms with Crippen molar-refractivity contribution in [3.05, 3.63) is 90.0 Å². The molecular weight excluding hydrogens is 364 g/mol. The summed E-state index contributed by atoms with van der Waals surface area (Å²) in [5.41, 5.74) is 3.25. The van der Waals surface area contributed by atoms with Crippen molar-refractivity contribution >= 4 is 23.1 Å². The number of rotatable bonds is 5. The van der Waals surface area contributed by atoms with Crippen LogP contribution in [0.5, 0.6) is 0 Å². The Balaban J connectivity index is 1.47. The lowest BCUT2D eigenvalue weighted by Crippen LogP contribution is -2.11. The van der Waals surface area contributed by atoms with Crippen LogP contribution in [0.25, 0.3) is 5.82 Å². The van der Waals surface area contributed by atoms with Gasteiger partial charge in [-0.15, -0.1) is 0 Å². The molecule has 0 bridgehead atoms. The van der Waals surface area contributed by atoms with Crippen LogP contribution in [0.3, 0.4) is 0 Å². The fraction of sp³-hybridized carbons (Fsp3) is 0.0909. The van der Waals surface area contributed by atoms with E-state index in [9.17, 15) is 4.79 Å². The summed E-state index contributed by atoms with van der Waals surface area (Å²) >= 11 is 0. The average Bonchev–Trinajstić information content (AvgIpc) is 3.24. The second-order valence-electron chi connectivity index (χ2n) is 6.64. The Bertz CT molecular complexity index is 1140. The van der Waals surface area contributed by atoms with Gasteiger partial charge in [0.1, 0.15) is 11.6 Å². The third kappa shape index (κ3) is 4.47. The number of amides is 1. The summed E-state index contributed by atoms with van der Waals surface area (Å²) in [5.74, 6) is 1.86. The molecule has 2 N–H and O–H groups in total. The van der Waals surface area contributed by atoms with E-state index >= 15 is 0 Å². The Morgan fingerprint density at radius 1 is 0.931 bits per heavy atom. The van der Waals surface area contributed by atoms with Crippen LogP contribution in [-0.4, -0.2) is 25.7 Å². The average molecular weight is 384 g/mol. The third-order valence-corrected chi connectivity index (χ3v) is 4.26. The minimum atomic E-state index is -0.135. The van der Waals surface area contributed by atoms with Gasteiger partial charge in [0.2, 0.25) is 0 Å². The first-order valence-corrected chi connectivity index (χ1v) is 9.18. The van der Waals surface area contributed by atoms with Crippen LogP contribution in [0.4, 0.5) is 17.2 Å². The van der Waals surface area contributed by atoms with E-state index in [-0.39, 0.29) is 5.91 Å². The molecule has 144 valence electrons. The molecule has 1 amide bonds. The molecule has 7 nitrogen and oxygen atoms in total. The molecule has 7 heteroatoms. The molecule has 0 atom stereocenters. The minimum absolute atomic E-state index is 0.135. The van der Waals surface area contributed by atoms with E-state index in [0.29, 0.717) is 23.0 Å². The Morgan fingerprint density at radius 2 is 1.72 bits per heavy atom. The topological polar surface area (TPSA) is 84.7 Å². The first-order chi connectivity index (χ1) is 14.1. The van der Waals surface area contributed by atoms with E-state index < -0.39 is 0 Å². The van der Waals surface area contributed by atoms with Crippen LogP contribution in [-0.2, 0) is 0 Å². The smallest absolute Gasteiger partial charge is 0.255 e. The molecule has 0 unspecified atom stereocenters. The summed E-state index contributed by atoms with van der Waals surface area (Å²) in [6.45, 7) is 3.80. The quantitative estimate of drug-likeness (QED) is 0.537. The van der Waals surface area contributed by atoms with Crippen LogP contribution in [0.15, 0.2) is 73.1 Å². The van der Waals surface area contributed by atoms with Crippen molar-refractivity contribution < 1.29 is 4.79 Å². The summed E-state index contributed by atoms with van der Waals surface area (Å²) < 4.78 is 1.68. The third-order valence-electron chi connectivity index (χ3n) is 4.26. The summed E-state index contributed by atoms with van der Waals surface area (Å²) in [7, 11) is 0. The summed E-state index contributed by atoms with van der Waals surface area (Å²) in [6.07, 6.45) is 3.53. The molecule has 0 spiro atoms. The monoisotopic (exact) mass is 384 g/mol. The Morgan fingerprint density at radius 3 is 2.45 bits per heavy atom. The molecule has 0 aliphatic rings. The number of carbonyl (C=O) groups is 1. The summed E-state index contributed by atoms with van der Waals surface area (Å²) in [6, 6.07) is 18.6. The van der Waals surface area contributed by atoms with Gasteiger partial charge in [-0.2, -0.15) is 5.10 Å². The second kappa shape index (κ2) is 7.93. The Hall–Kier alpha value is -4.00. The number of hydrogen-bond donors (Lipinski definition) is 2. The molecule has 29 heavy (non-hydrogen) atoms. The lowest BCUT2D eigenvalue weighted by Gasteiger charge is -2.10. The van der Waals surface area contributed by atoms with Crippen LogP contribution in [0.2, 0.25) is 0 Å². The highest BCUT2D eigenvalue weighted by Gasteiger charge is 2.07. The van der Waals surface area contributed by atoms with Gasteiger partial charge < -0.3 is 10.6 Å². The molecule has 0 radical (unpaired) electrons. The fourth-order valence-corrected chi connectivity index (χ4v) is 2.91. The number of carbonyl (C=O) groups excluding carboxylic acids is 1. The highest BCUT2D eigenvalue weighted by molar-refractivity contribution is 6.04. The first kappa shape index (κ1) is 18.4. The van der Waals surface area contributed by atoms with Crippen molar-refractivity contribution in [1.82, 2.24) is 19.7 Å². The van der Waals surface area contributed by atoms with Crippen molar-refractivity contribution in [1.29, 1.82) is 0 Å². The maximum Gasteiger partial charge on any atom is 0.255 e. The largest absolute Gasteiger partial charge is 0.340 e. The van der Waals surface area contributed by atoms with Crippen LogP contribution < -0.4 is 10.6 Å². The zero-order valence-electron chi connectivity index (χ0n) is 16.1. The number of anilines is 3. The van der Waals surface area contributed by atoms with Gasteiger partial charge in [-0.1, -0.05) is 17.7 Å². The molecule has 4 rings (SSSR count). The fourth-order valence-electron chi connectivity index (χ4n) is 2.91. The maximum absolute atomic E-state index is 12.4. The van der Waals surface area contributed by atoms with E-state index in [2.05, 4.69) is 25.7 Å². The number of nitrogens with one attached hydrogen (secondary N) is 2. The number of aromatic nitrogens is 4. The molecule has 0 fully saturated rings. The van der Waals surface area contributed by atoms with Crippen molar-refractivity contribution in [3.63, 3.8) is 0 Å². The number of aryl methyl sites for hydroxylation is 2. The molecule has 4 aromatic rings. The van der Waals surface area contributed by atoms with Crippen LogP contribution in [0.1, 0.15) is 21.7 Å². The molecular formula is C22H20N6O. The Kier molecular flexibility index (Phi) is 5.03. The lowest BCUT2D eigenvalue weighted by molar-refractivity contribution is 0.102. The number of hydrogen-bond acceptors (Lipinski definition) is 5. The predicted molar refractivity (Wildman–Crippen MR) is 113 cm³/mol. The van der Waals surface area contributed by atoms with E-state index in [1.54, 1.807) is 16.9 Å². The van der Waals surface area contributed by atoms with Gasteiger partial charge in [0.05, 0.1) is 0 Å². The standard InChI is InChI=1S/C22H20N6O/c1-15-5-3-6-17(13-15)22(29)27-19-9-7-18(8-10-19)26-20-14-21(25-16(2)24-20)28-12-4-11-23-28/h3-14H,1-2H3,(H,27,29)(H,24,25,26). The van der Waals surface area contributed by atoms with E-state index in [0.717, 1.165) is 16.9 Å². The van der Waals surface area contributed by atoms with Crippen LogP contribution >= 0.6 is 0 Å². The molecule has 2 aromatic heterocycles. The van der Waals surface area contributed by atoms with Gasteiger partial charge in [-0.05, 0) is 56.3 Å². The highest BCUT2D eigenvalue weighted by Crippen LogP contribution is 2.20. The molecule has 0 saturated carbocycles. The molecule has 0 aliphatic heterocycles. The SMILES string of the molecule is Cc1cccc(C(=O)Nc2ccc(Nc3cc(-n4cccn4)nc(C)n3)cc2)c1. The molecule has 2 aromatic carbocycles. The van der Waals surface area contributed by atoms with Crippen LogP contribution in [0, 0.1) is 13.8 Å². The molecule has 0 saturated heterocycles. The number of nitrogens with zero attached hydrogens (tertiary/aromatic N) is 4. The molecule has 0 aliphatic carbocycles. The summed E-state index contributed by atoms with van der Waals surface area (Å²) in [4.78, 5) is 21.2. The zero-order valence-corrected chi connectivity index (χ0v) is 16.1. The van der Waals surface area contributed by atoms with Crippen molar-refractivity contribution in [2.75, 3.05) is 10.6 Å². The van der Waals surface area contributed by atoms with E-state index in [1.165, 1.54) is 0 Å². The zero-order chi connectivity index (χ0) is 20.2. The second-order valence-corrected chi connectivity index (χ2v) is 6.64. The van der Waals surface area contributed by atoms with Gasteiger partial charge >= 0.3 is 0 Å². The normalized spacial score (nSPS) is 10.6.